The van der Waals surface area contributed by atoms with Crippen LogP contribution >= 0.6 is 23.4 Å². The summed E-state index contributed by atoms with van der Waals surface area (Å²) in [6.07, 6.45) is 1.96. The van der Waals surface area contributed by atoms with E-state index >= 15 is 0 Å². The molecule has 1 aromatic heterocycles. The lowest BCUT2D eigenvalue weighted by Gasteiger charge is -2.10. The minimum Gasteiger partial charge on any atom is -0.495 e. The smallest absolute Gasteiger partial charge is 0.254 e. The summed E-state index contributed by atoms with van der Waals surface area (Å²) < 4.78 is 21.1. The molecule has 0 bridgehead atoms. The van der Waals surface area contributed by atoms with Crippen molar-refractivity contribution in [3.05, 3.63) is 89.3 Å². The molecule has 0 aliphatic rings. The van der Waals surface area contributed by atoms with Crippen LogP contribution in [0.4, 0.5) is 10.1 Å². The largest absolute Gasteiger partial charge is 0.495 e. The Morgan fingerprint density at radius 2 is 1.86 bits per heavy atom. The molecule has 4 rings (SSSR count). The number of carbonyl (C=O) groups excluding carboxylic acids is 2. The van der Waals surface area contributed by atoms with Crippen molar-refractivity contribution in [1.82, 2.24) is 9.88 Å². The maximum absolute atomic E-state index is 13.8. The lowest BCUT2D eigenvalue weighted by Crippen LogP contribution is -2.27. The van der Waals surface area contributed by atoms with Gasteiger partial charge in [-0.15, -0.1) is 11.8 Å². The Labute approximate surface area is 211 Å². The summed E-state index contributed by atoms with van der Waals surface area (Å²) in [5.41, 5.74) is 1.51. The summed E-state index contributed by atoms with van der Waals surface area (Å²) in [6, 6.07) is 18.8. The Bertz CT molecular complexity index is 1380. The van der Waals surface area contributed by atoms with Crippen LogP contribution in [0.25, 0.3) is 10.9 Å². The highest BCUT2D eigenvalue weighted by atomic mass is 35.5. The van der Waals surface area contributed by atoms with Crippen LogP contribution in [0.3, 0.4) is 0 Å². The molecule has 0 saturated heterocycles. The van der Waals surface area contributed by atoms with Gasteiger partial charge in [-0.25, -0.2) is 4.39 Å². The number of methoxy groups -OCH3 is 1. The zero-order valence-corrected chi connectivity index (χ0v) is 20.5. The van der Waals surface area contributed by atoms with Gasteiger partial charge in [0.1, 0.15) is 11.6 Å². The number of amides is 2. The summed E-state index contributed by atoms with van der Waals surface area (Å²) in [5.74, 6) is -0.481. The summed E-state index contributed by atoms with van der Waals surface area (Å²) in [7, 11) is 1.53. The second-order valence-electron chi connectivity index (χ2n) is 7.62. The molecule has 9 heteroatoms. The predicted octanol–water partition coefficient (Wildman–Crippen LogP) is 5.60. The van der Waals surface area contributed by atoms with Crippen LogP contribution < -0.4 is 15.4 Å². The van der Waals surface area contributed by atoms with Gasteiger partial charge in [-0.1, -0.05) is 41.9 Å². The van der Waals surface area contributed by atoms with Crippen molar-refractivity contribution in [1.29, 1.82) is 0 Å². The van der Waals surface area contributed by atoms with Crippen molar-refractivity contribution in [2.24, 2.45) is 0 Å². The molecule has 1 heterocycles. The average molecular weight is 512 g/mol. The van der Waals surface area contributed by atoms with E-state index in [0.29, 0.717) is 29.5 Å². The van der Waals surface area contributed by atoms with Crippen molar-refractivity contribution in [2.75, 3.05) is 24.7 Å². The summed E-state index contributed by atoms with van der Waals surface area (Å²) >= 11 is 7.45. The molecule has 180 valence electrons. The Balaban J connectivity index is 1.40. The molecule has 2 N–H and O–H groups in total. The van der Waals surface area contributed by atoms with Gasteiger partial charge in [-0.2, -0.15) is 0 Å². The SMILES string of the molecule is COc1ccc(Cl)cc1NC(=O)CSc1cn(CCNC(=O)c2ccccc2F)c2ccccc12. The van der Waals surface area contributed by atoms with Gasteiger partial charge in [0.25, 0.3) is 5.91 Å². The van der Waals surface area contributed by atoms with E-state index in [1.165, 1.54) is 31.0 Å². The van der Waals surface area contributed by atoms with Gasteiger partial charge in [-0.3, -0.25) is 9.59 Å². The summed E-state index contributed by atoms with van der Waals surface area (Å²) in [5, 5.41) is 7.11. The molecule has 0 spiro atoms. The standard InChI is InChI=1S/C26H23ClFN3O3S/c1-34-23-11-10-17(27)14-21(23)30-25(32)16-35-24-15-31(22-9-5-3-7-19(22)24)13-12-29-26(33)18-6-2-4-8-20(18)28/h2-11,14-15H,12-13,16H2,1H3,(H,29,33)(H,30,32). The Morgan fingerprint density at radius 3 is 2.66 bits per heavy atom. The first-order valence-electron chi connectivity index (χ1n) is 10.8. The summed E-state index contributed by atoms with van der Waals surface area (Å²) in [6.45, 7) is 0.818. The number of ether oxygens (including phenoxy) is 1. The number of nitrogens with one attached hydrogen (secondary N) is 2. The fraction of sp³-hybridized carbons (Fsp3) is 0.154. The maximum atomic E-state index is 13.8. The molecule has 35 heavy (non-hydrogen) atoms. The van der Waals surface area contributed by atoms with Crippen molar-refractivity contribution >= 4 is 51.8 Å². The van der Waals surface area contributed by atoms with E-state index in [4.69, 9.17) is 16.3 Å². The molecular weight excluding hydrogens is 489 g/mol. The topological polar surface area (TPSA) is 72.4 Å². The number of thioether (sulfide) groups is 1. The third-order valence-electron chi connectivity index (χ3n) is 5.30. The van der Waals surface area contributed by atoms with Crippen LogP contribution in [0.15, 0.2) is 77.8 Å². The van der Waals surface area contributed by atoms with Gasteiger partial charge in [0.15, 0.2) is 0 Å². The lowest BCUT2D eigenvalue weighted by atomic mass is 10.2. The number of benzene rings is 3. The molecule has 3 aromatic carbocycles. The first-order valence-corrected chi connectivity index (χ1v) is 12.2. The highest BCUT2D eigenvalue weighted by Crippen LogP contribution is 2.31. The first-order chi connectivity index (χ1) is 17.0. The van der Waals surface area contributed by atoms with E-state index in [2.05, 4.69) is 10.6 Å². The van der Waals surface area contributed by atoms with Crippen molar-refractivity contribution in [3.8, 4) is 5.75 Å². The van der Waals surface area contributed by atoms with Crippen LogP contribution in [0.2, 0.25) is 5.02 Å². The Kier molecular flexibility index (Phi) is 7.94. The van der Waals surface area contributed by atoms with E-state index in [0.717, 1.165) is 15.8 Å². The normalized spacial score (nSPS) is 10.8. The minimum absolute atomic E-state index is 0.0171. The number of hydrogen-bond donors (Lipinski definition) is 2. The number of carbonyl (C=O) groups is 2. The molecule has 0 aliphatic carbocycles. The molecular formula is C26H23ClFN3O3S. The van der Waals surface area contributed by atoms with Crippen LogP contribution in [-0.2, 0) is 11.3 Å². The number of halogens is 2. The fourth-order valence-electron chi connectivity index (χ4n) is 3.65. The zero-order chi connectivity index (χ0) is 24.8. The Morgan fingerprint density at radius 1 is 1.09 bits per heavy atom. The number of aromatic nitrogens is 1. The third-order valence-corrected chi connectivity index (χ3v) is 6.58. The van der Waals surface area contributed by atoms with Crippen molar-refractivity contribution < 1.29 is 18.7 Å². The molecule has 0 aliphatic heterocycles. The van der Waals surface area contributed by atoms with E-state index in [1.54, 1.807) is 30.3 Å². The van der Waals surface area contributed by atoms with Crippen molar-refractivity contribution in [2.45, 2.75) is 11.4 Å². The molecule has 0 unspecified atom stereocenters. The van der Waals surface area contributed by atoms with E-state index in [9.17, 15) is 14.0 Å². The fourth-order valence-corrected chi connectivity index (χ4v) is 4.71. The highest BCUT2D eigenvalue weighted by Gasteiger charge is 2.14. The second-order valence-corrected chi connectivity index (χ2v) is 9.07. The van der Waals surface area contributed by atoms with E-state index in [-0.39, 0.29) is 17.2 Å². The molecule has 6 nitrogen and oxygen atoms in total. The lowest BCUT2D eigenvalue weighted by molar-refractivity contribution is -0.113. The van der Waals surface area contributed by atoms with Crippen LogP contribution in [0.5, 0.6) is 5.75 Å². The predicted molar refractivity (Wildman–Crippen MR) is 138 cm³/mol. The van der Waals surface area contributed by atoms with Crippen LogP contribution in [0.1, 0.15) is 10.4 Å². The van der Waals surface area contributed by atoms with Gasteiger partial charge < -0.3 is 19.9 Å². The molecule has 0 fully saturated rings. The number of para-hydroxylation sites is 1. The monoisotopic (exact) mass is 511 g/mol. The number of fused-ring (bicyclic) bond motifs is 1. The number of anilines is 1. The van der Waals surface area contributed by atoms with E-state index in [1.807, 2.05) is 35.0 Å². The van der Waals surface area contributed by atoms with Crippen molar-refractivity contribution in [3.63, 3.8) is 0 Å². The maximum Gasteiger partial charge on any atom is 0.254 e. The number of rotatable bonds is 9. The molecule has 0 saturated carbocycles. The quantitative estimate of drug-likeness (QED) is 0.287. The summed E-state index contributed by atoms with van der Waals surface area (Å²) in [4.78, 5) is 25.8. The molecule has 0 atom stereocenters. The van der Waals surface area contributed by atoms with Crippen LogP contribution in [-0.4, -0.2) is 35.8 Å². The van der Waals surface area contributed by atoms with Crippen LogP contribution in [0, 0.1) is 5.82 Å². The Hall–Kier alpha value is -3.49. The number of hydrogen-bond acceptors (Lipinski definition) is 4. The zero-order valence-electron chi connectivity index (χ0n) is 18.9. The van der Waals surface area contributed by atoms with E-state index < -0.39 is 11.7 Å². The first kappa shape index (κ1) is 24.6. The third kappa shape index (κ3) is 5.96. The van der Waals surface area contributed by atoms with Gasteiger partial charge >= 0.3 is 0 Å². The van der Waals surface area contributed by atoms with Gasteiger partial charge in [0, 0.05) is 40.1 Å². The molecule has 4 aromatic rings. The minimum atomic E-state index is -0.552. The van der Waals surface area contributed by atoms with Gasteiger partial charge in [0.2, 0.25) is 5.91 Å². The number of nitrogens with zero attached hydrogens (tertiary/aromatic N) is 1. The highest BCUT2D eigenvalue weighted by molar-refractivity contribution is 8.00. The van der Waals surface area contributed by atoms with Gasteiger partial charge in [0.05, 0.1) is 24.1 Å². The second kappa shape index (κ2) is 11.3. The average Bonchev–Trinajstić information content (AvgIpc) is 3.21. The van der Waals surface area contributed by atoms with Gasteiger partial charge in [-0.05, 0) is 36.4 Å². The molecule has 2 amide bonds. The molecule has 0 radical (unpaired) electrons.